The predicted octanol–water partition coefficient (Wildman–Crippen LogP) is 3.05. The molecule has 1 aromatic rings. The summed E-state index contributed by atoms with van der Waals surface area (Å²) in [6.07, 6.45) is 5.49. The molecule has 0 N–H and O–H groups in total. The lowest BCUT2D eigenvalue weighted by Crippen LogP contribution is -2.47. The van der Waals surface area contributed by atoms with Crippen LogP contribution in [0.5, 0.6) is 11.5 Å². The minimum Gasteiger partial charge on any atom is -0.497 e. The highest BCUT2D eigenvalue weighted by molar-refractivity contribution is 5.92. The number of hydrogen-bond donors (Lipinski definition) is 0. The number of likely N-dealkylation sites (N-methyl/N-ethyl adjacent to an activating group) is 1. The SMILES string of the molecule is COc1ccc(/C=C/C(=O)N(C)C2CCN(C(C)C)CC2)c(OC)c1. The molecular formula is C20H30N2O3. The molecule has 1 aromatic carbocycles. The number of benzene rings is 1. The number of nitrogens with zero attached hydrogens (tertiary/aromatic N) is 2. The van der Waals surface area contributed by atoms with Crippen molar-refractivity contribution in [2.24, 2.45) is 0 Å². The van der Waals surface area contributed by atoms with Crippen molar-refractivity contribution in [3.8, 4) is 11.5 Å². The largest absolute Gasteiger partial charge is 0.497 e. The molecule has 138 valence electrons. The third-order valence-corrected chi connectivity index (χ3v) is 4.97. The first-order valence-electron chi connectivity index (χ1n) is 8.87. The van der Waals surface area contributed by atoms with E-state index >= 15 is 0 Å². The summed E-state index contributed by atoms with van der Waals surface area (Å²) in [5.74, 6) is 1.45. The highest BCUT2D eigenvalue weighted by Crippen LogP contribution is 2.26. The van der Waals surface area contributed by atoms with Crippen molar-refractivity contribution >= 4 is 12.0 Å². The summed E-state index contributed by atoms with van der Waals surface area (Å²) in [6.45, 7) is 6.55. The molecule has 25 heavy (non-hydrogen) atoms. The Balaban J connectivity index is 1.98. The molecule has 2 rings (SSSR count). The number of likely N-dealkylation sites (tertiary alicyclic amines) is 1. The molecule has 0 spiro atoms. The molecule has 1 aliphatic rings. The minimum absolute atomic E-state index is 0.0286. The summed E-state index contributed by atoms with van der Waals surface area (Å²) < 4.78 is 10.6. The zero-order chi connectivity index (χ0) is 18.4. The van der Waals surface area contributed by atoms with Crippen molar-refractivity contribution in [3.05, 3.63) is 29.8 Å². The van der Waals surface area contributed by atoms with E-state index in [4.69, 9.17) is 9.47 Å². The van der Waals surface area contributed by atoms with Gasteiger partial charge in [0.25, 0.3) is 0 Å². The molecule has 5 nitrogen and oxygen atoms in total. The van der Waals surface area contributed by atoms with Crippen LogP contribution in [0.2, 0.25) is 0 Å². The normalized spacial score (nSPS) is 16.4. The van der Waals surface area contributed by atoms with Gasteiger partial charge in [-0.05, 0) is 44.9 Å². The molecule has 0 aromatic heterocycles. The van der Waals surface area contributed by atoms with Gasteiger partial charge in [0.2, 0.25) is 5.91 Å². The maximum Gasteiger partial charge on any atom is 0.246 e. The average Bonchev–Trinajstić information content (AvgIpc) is 2.65. The van der Waals surface area contributed by atoms with E-state index in [-0.39, 0.29) is 5.91 Å². The zero-order valence-electron chi connectivity index (χ0n) is 16.0. The fourth-order valence-corrected chi connectivity index (χ4v) is 3.20. The summed E-state index contributed by atoms with van der Waals surface area (Å²) in [6, 6.07) is 6.45. The Kier molecular flexibility index (Phi) is 6.88. The van der Waals surface area contributed by atoms with Crippen molar-refractivity contribution in [1.82, 2.24) is 9.80 Å². The van der Waals surface area contributed by atoms with Crippen molar-refractivity contribution in [2.45, 2.75) is 38.8 Å². The van der Waals surface area contributed by atoms with E-state index in [1.807, 2.05) is 30.1 Å². The summed E-state index contributed by atoms with van der Waals surface area (Å²) in [7, 11) is 5.13. The second-order valence-electron chi connectivity index (χ2n) is 6.75. The van der Waals surface area contributed by atoms with E-state index in [0.29, 0.717) is 17.8 Å². The number of methoxy groups -OCH3 is 2. The Morgan fingerprint density at radius 2 is 1.92 bits per heavy atom. The third-order valence-electron chi connectivity index (χ3n) is 4.97. The highest BCUT2D eigenvalue weighted by Gasteiger charge is 2.25. The van der Waals surface area contributed by atoms with Gasteiger partial charge >= 0.3 is 0 Å². The molecule has 0 unspecified atom stereocenters. The molecule has 0 aliphatic carbocycles. The van der Waals surface area contributed by atoms with Crippen LogP contribution < -0.4 is 9.47 Å². The van der Waals surface area contributed by atoms with Gasteiger partial charge in [-0.1, -0.05) is 0 Å². The maximum absolute atomic E-state index is 12.5. The quantitative estimate of drug-likeness (QED) is 0.743. The fraction of sp³-hybridized carbons (Fsp3) is 0.550. The van der Waals surface area contributed by atoms with Crippen molar-refractivity contribution in [3.63, 3.8) is 0 Å². The Hall–Kier alpha value is -2.01. The molecule has 1 saturated heterocycles. The van der Waals surface area contributed by atoms with Gasteiger partial charge in [0, 0.05) is 49.9 Å². The van der Waals surface area contributed by atoms with E-state index in [1.165, 1.54) is 0 Å². The first-order valence-corrected chi connectivity index (χ1v) is 8.87. The molecule has 0 atom stereocenters. The monoisotopic (exact) mass is 346 g/mol. The van der Waals surface area contributed by atoms with E-state index in [2.05, 4.69) is 18.7 Å². The van der Waals surface area contributed by atoms with Gasteiger partial charge in [-0.25, -0.2) is 0 Å². The number of rotatable bonds is 6. The van der Waals surface area contributed by atoms with Crippen LogP contribution in [0.15, 0.2) is 24.3 Å². The van der Waals surface area contributed by atoms with Crippen LogP contribution in [0, 0.1) is 0 Å². The van der Waals surface area contributed by atoms with Crippen molar-refractivity contribution in [1.29, 1.82) is 0 Å². The van der Waals surface area contributed by atoms with Crippen molar-refractivity contribution in [2.75, 3.05) is 34.4 Å². The smallest absolute Gasteiger partial charge is 0.246 e. The van der Waals surface area contributed by atoms with E-state index in [1.54, 1.807) is 26.4 Å². The minimum atomic E-state index is 0.0286. The Morgan fingerprint density at radius 1 is 1.24 bits per heavy atom. The lowest BCUT2D eigenvalue weighted by atomic mass is 10.0. The Labute approximate surface area is 151 Å². The fourth-order valence-electron chi connectivity index (χ4n) is 3.20. The molecule has 1 heterocycles. The van der Waals surface area contributed by atoms with Crippen molar-refractivity contribution < 1.29 is 14.3 Å². The number of piperidine rings is 1. The van der Waals surface area contributed by atoms with E-state index < -0.39 is 0 Å². The highest BCUT2D eigenvalue weighted by atomic mass is 16.5. The lowest BCUT2D eigenvalue weighted by molar-refractivity contribution is -0.127. The summed E-state index contributed by atoms with van der Waals surface area (Å²) >= 11 is 0. The number of hydrogen-bond acceptors (Lipinski definition) is 4. The van der Waals surface area contributed by atoms with Gasteiger partial charge in [-0.3, -0.25) is 4.79 Å². The number of amides is 1. The number of ether oxygens (including phenoxy) is 2. The predicted molar refractivity (Wildman–Crippen MR) is 101 cm³/mol. The molecule has 1 amide bonds. The van der Waals surface area contributed by atoms with Gasteiger partial charge in [0.1, 0.15) is 11.5 Å². The Morgan fingerprint density at radius 3 is 2.48 bits per heavy atom. The Bertz CT molecular complexity index is 605. The first-order chi connectivity index (χ1) is 12.0. The van der Waals surface area contributed by atoms with Gasteiger partial charge in [-0.15, -0.1) is 0 Å². The van der Waals surface area contributed by atoms with Gasteiger partial charge in [0.05, 0.1) is 14.2 Å². The second kappa shape index (κ2) is 8.90. The van der Waals surface area contributed by atoms with Crippen LogP contribution in [0.4, 0.5) is 0 Å². The first kappa shape index (κ1) is 19.3. The lowest BCUT2D eigenvalue weighted by Gasteiger charge is -2.38. The van der Waals surface area contributed by atoms with Gasteiger partial charge in [-0.2, -0.15) is 0 Å². The number of carbonyl (C=O) groups excluding carboxylic acids is 1. The third kappa shape index (κ3) is 4.98. The van der Waals surface area contributed by atoms with Gasteiger partial charge < -0.3 is 19.3 Å². The topological polar surface area (TPSA) is 42.0 Å². The molecule has 0 saturated carbocycles. The molecule has 1 aliphatic heterocycles. The molecule has 0 bridgehead atoms. The molecule has 5 heteroatoms. The molecular weight excluding hydrogens is 316 g/mol. The van der Waals surface area contributed by atoms with Gasteiger partial charge in [0.15, 0.2) is 0 Å². The summed E-state index contributed by atoms with van der Waals surface area (Å²) in [4.78, 5) is 16.8. The van der Waals surface area contributed by atoms with Crippen LogP contribution in [0.1, 0.15) is 32.3 Å². The second-order valence-corrected chi connectivity index (χ2v) is 6.75. The molecule has 1 fully saturated rings. The van der Waals surface area contributed by atoms with Crippen LogP contribution in [-0.4, -0.2) is 62.1 Å². The van der Waals surface area contributed by atoms with Crippen LogP contribution in [-0.2, 0) is 4.79 Å². The van der Waals surface area contributed by atoms with E-state index in [0.717, 1.165) is 37.2 Å². The standard InChI is InChI=1S/C20H30N2O3/c1-15(2)22-12-10-17(11-13-22)21(3)20(23)9-7-16-6-8-18(24-4)14-19(16)25-5/h6-9,14-15,17H,10-13H2,1-5H3/b9-7+. The summed E-state index contributed by atoms with van der Waals surface area (Å²) in [5, 5.41) is 0. The average molecular weight is 346 g/mol. The summed E-state index contributed by atoms with van der Waals surface area (Å²) in [5.41, 5.74) is 0.861. The zero-order valence-corrected chi connectivity index (χ0v) is 16.0. The maximum atomic E-state index is 12.5. The van der Waals surface area contributed by atoms with Crippen LogP contribution >= 0.6 is 0 Å². The van der Waals surface area contributed by atoms with Crippen LogP contribution in [0.3, 0.4) is 0 Å². The number of carbonyl (C=O) groups is 1. The van der Waals surface area contributed by atoms with Crippen LogP contribution in [0.25, 0.3) is 6.08 Å². The van der Waals surface area contributed by atoms with E-state index in [9.17, 15) is 4.79 Å². The molecule has 0 radical (unpaired) electrons.